The summed E-state index contributed by atoms with van der Waals surface area (Å²) in [7, 11) is 1.57. The number of nitrogens with one attached hydrogen (secondary N) is 1. The minimum Gasteiger partial charge on any atom is -0.387 e. The fourth-order valence-electron chi connectivity index (χ4n) is 12.2. The van der Waals surface area contributed by atoms with Gasteiger partial charge in [-0.1, -0.05) is 394 Å². The molecule has 8 nitrogen and oxygen atoms in total. The van der Waals surface area contributed by atoms with Gasteiger partial charge in [-0.25, -0.2) is 4.57 Å². The van der Waals surface area contributed by atoms with Crippen LogP contribution in [0.4, 0.5) is 0 Å². The first-order chi connectivity index (χ1) is 45.5. The van der Waals surface area contributed by atoms with E-state index in [-0.39, 0.29) is 19.1 Å². The van der Waals surface area contributed by atoms with E-state index in [1.54, 1.807) is 6.08 Å². The van der Waals surface area contributed by atoms with Crippen LogP contribution in [0.3, 0.4) is 0 Å². The van der Waals surface area contributed by atoms with E-state index in [0.717, 1.165) is 70.6 Å². The molecule has 0 saturated heterocycles. The second kappa shape index (κ2) is 73.9. The third kappa shape index (κ3) is 76.9. The zero-order valence-electron chi connectivity index (χ0n) is 62.5. The van der Waals surface area contributed by atoms with Crippen molar-refractivity contribution in [3.8, 4) is 0 Å². The number of carbonyl (C=O) groups excluding carboxylic acids is 1. The molecule has 1 amide bonds. The zero-order valence-corrected chi connectivity index (χ0v) is 63.4. The number of phosphoric acid groups is 1. The van der Waals surface area contributed by atoms with Gasteiger partial charge in [0.2, 0.25) is 5.91 Å². The Bertz CT molecular complexity index is 1800. The van der Waals surface area contributed by atoms with E-state index in [2.05, 4.69) is 92.1 Å². The number of amides is 1. The third-order valence-corrected chi connectivity index (χ3v) is 19.3. The summed E-state index contributed by atoms with van der Waals surface area (Å²) in [5, 5.41) is 14.0. The van der Waals surface area contributed by atoms with E-state index >= 15 is 0 Å². The fourth-order valence-corrected chi connectivity index (χ4v) is 12.9. The van der Waals surface area contributed by atoms with Gasteiger partial charge in [0.15, 0.2) is 0 Å². The summed E-state index contributed by atoms with van der Waals surface area (Å²) in [4.78, 5) is 23.5. The number of likely N-dealkylation sites (N-methyl/N-ethyl adjacent to an activating group) is 1. The Hall–Kier alpha value is -2.32. The number of hydrogen-bond acceptors (Lipinski definition) is 5. The van der Waals surface area contributed by atoms with E-state index in [0.29, 0.717) is 17.4 Å². The van der Waals surface area contributed by atoms with E-state index in [1.165, 1.54) is 302 Å². The lowest BCUT2D eigenvalue weighted by Crippen LogP contribution is -2.45. The summed E-state index contributed by atoms with van der Waals surface area (Å²) in [5.74, 6) is -0.180. The molecule has 0 aliphatic rings. The summed E-state index contributed by atoms with van der Waals surface area (Å²) < 4.78 is 23.9. The smallest absolute Gasteiger partial charge is 0.387 e. The Kier molecular flexibility index (Phi) is 72.1. The molecule has 0 bridgehead atoms. The largest absolute Gasteiger partial charge is 0.472 e. The molecule has 0 heterocycles. The molecule has 0 aromatic rings. The number of phosphoric ester groups is 1. The van der Waals surface area contributed by atoms with E-state index in [4.69, 9.17) is 9.05 Å². The van der Waals surface area contributed by atoms with Crippen molar-refractivity contribution in [2.45, 2.75) is 405 Å². The van der Waals surface area contributed by atoms with Crippen molar-refractivity contribution >= 4 is 13.7 Å². The van der Waals surface area contributed by atoms with Crippen LogP contribution in [-0.2, 0) is 18.4 Å². The van der Waals surface area contributed by atoms with Gasteiger partial charge < -0.3 is 19.8 Å². The van der Waals surface area contributed by atoms with Gasteiger partial charge in [0.1, 0.15) is 13.2 Å². The lowest BCUT2D eigenvalue weighted by molar-refractivity contribution is -0.870. The van der Waals surface area contributed by atoms with Gasteiger partial charge in [-0.05, 0) is 77.0 Å². The number of quaternary nitrogens is 1. The van der Waals surface area contributed by atoms with Crippen LogP contribution in [-0.4, -0.2) is 73.4 Å². The number of carbonyl (C=O) groups is 1. The SMILES string of the molecule is CC/C=C\C/C=C\C/C=C\C/C=C\C/C=C\CCCCCCCCCCCCCCCCCCCCCCCCCCCC(=O)NC(COP(=O)(O)OCC[N+](C)(C)C)C(O)/C=C/CC/C=C/CCCCCCCCCCCCCCCCCCCCCCCCCC. The Morgan fingerprint density at radius 1 is 0.376 bits per heavy atom. The molecule has 3 atom stereocenters. The van der Waals surface area contributed by atoms with E-state index in [9.17, 15) is 19.4 Å². The van der Waals surface area contributed by atoms with Crippen molar-refractivity contribution in [2.24, 2.45) is 0 Å². The summed E-state index contributed by atoms with van der Waals surface area (Å²) >= 11 is 0. The lowest BCUT2D eigenvalue weighted by Gasteiger charge is -2.25. The quantitative estimate of drug-likeness (QED) is 0.0243. The first-order valence-corrected chi connectivity index (χ1v) is 42.0. The van der Waals surface area contributed by atoms with Crippen LogP contribution in [0.15, 0.2) is 85.1 Å². The number of nitrogens with zero attached hydrogens (tertiary/aromatic N) is 1. The van der Waals surface area contributed by atoms with Gasteiger partial charge >= 0.3 is 7.82 Å². The number of allylic oxidation sites excluding steroid dienone is 13. The highest BCUT2D eigenvalue weighted by Crippen LogP contribution is 2.43. The molecule has 0 saturated carbocycles. The molecule has 0 aromatic heterocycles. The molecular formula is C84H158N2O6P+. The Morgan fingerprint density at radius 3 is 0.989 bits per heavy atom. The molecule has 3 N–H and O–H groups in total. The summed E-state index contributed by atoms with van der Waals surface area (Å²) in [6, 6.07) is -0.867. The zero-order chi connectivity index (χ0) is 67.6. The number of aliphatic hydroxyl groups is 1. The van der Waals surface area contributed by atoms with Crippen molar-refractivity contribution in [2.75, 3.05) is 40.9 Å². The van der Waals surface area contributed by atoms with Gasteiger partial charge in [-0.2, -0.15) is 0 Å². The van der Waals surface area contributed by atoms with Gasteiger partial charge in [-0.3, -0.25) is 13.8 Å². The van der Waals surface area contributed by atoms with Crippen molar-refractivity contribution in [3.63, 3.8) is 0 Å². The predicted molar refractivity (Wildman–Crippen MR) is 410 cm³/mol. The molecule has 9 heteroatoms. The van der Waals surface area contributed by atoms with Crippen LogP contribution in [0, 0.1) is 0 Å². The minimum absolute atomic E-state index is 0.0564. The van der Waals surface area contributed by atoms with Crippen LogP contribution in [0.2, 0.25) is 0 Å². The molecule has 0 fully saturated rings. The number of rotatable bonds is 75. The standard InChI is InChI=1S/C84H157N2O6P/c1-6-8-10-12-14-16-18-20-22-24-26-28-30-32-34-36-38-39-40-41-42-43-44-45-46-47-48-50-52-54-56-58-60-62-64-66-68-70-72-74-76-78-84(88)85-82(81-92-93(89,90)91-80-79-86(3,4)5)83(87)77-75-73-71-69-67-65-63-61-59-57-55-53-51-49-37-35-33-31-29-27-25-23-21-19-17-15-13-11-9-7-2/h8,10,14,16,20,22,26,28,32,34,67,69,75,77,82-83,87H,6-7,9,11-13,15,17-19,21,23-25,27,29-31,33,35-66,68,70-74,76,78-81H2,1-5H3,(H-,85,88,89,90)/p+1/b10-8-,16-14-,22-20-,28-26-,34-32-,69-67+,77-75+. The van der Waals surface area contributed by atoms with Gasteiger partial charge in [0.25, 0.3) is 0 Å². The van der Waals surface area contributed by atoms with Gasteiger partial charge in [-0.15, -0.1) is 0 Å². The third-order valence-electron chi connectivity index (χ3n) is 18.3. The van der Waals surface area contributed by atoms with Crippen molar-refractivity contribution in [1.29, 1.82) is 0 Å². The second-order valence-corrected chi connectivity index (χ2v) is 30.2. The highest BCUT2D eigenvalue weighted by molar-refractivity contribution is 7.47. The topological polar surface area (TPSA) is 105 Å². The molecule has 3 unspecified atom stereocenters. The minimum atomic E-state index is -4.37. The molecule has 0 aliphatic heterocycles. The molecule has 0 spiro atoms. The van der Waals surface area contributed by atoms with Crippen LogP contribution in [0.25, 0.3) is 0 Å². The molecule has 544 valence electrons. The normalized spacial score (nSPS) is 13.9. The fraction of sp³-hybridized carbons (Fsp3) is 0.821. The molecule has 0 aliphatic carbocycles. The average molecular weight is 1320 g/mol. The highest BCUT2D eigenvalue weighted by Gasteiger charge is 2.28. The van der Waals surface area contributed by atoms with Crippen molar-refractivity contribution in [1.82, 2.24) is 5.32 Å². The van der Waals surface area contributed by atoms with E-state index in [1.807, 2.05) is 27.2 Å². The van der Waals surface area contributed by atoms with Crippen LogP contribution >= 0.6 is 7.82 Å². The van der Waals surface area contributed by atoms with Crippen LogP contribution < -0.4 is 5.32 Å². The summed E-state index contributed by atoms with van der Waals surface area (Å²) in [6.45, 7) is 4.73. The molecule has 0 rings (SSSR count). The molecule has 0 aromatic carbocycles. The predicted octanol–water partition coefficient (Wildman–Crippen LogP) is 26.6. The summed E-state index contributed by atoms with van der Waals surface area (Å²) in [6.07, 6.45) is 106. The average Bonchev–Trinajstić information content (AvgIpc) is 2.75. The lowest BCUT2D eigenvalue weighted by atomic mass is 10.0. The van der Waals surface area contributed by atoms with Crippen molar-refractivity contribution < 1.29 is 32.9 Å². The second-order valence-electron chi connectivity index (χ2n) is 28.8. The molecule has 0 radical (unpaired) electrons. The Balaban J connectivity index is 3.96. The maximum atomic E-state index is 13.1. The van der Waals surface area contributed by atoms with Crippen molar-refractivity contribution in [3.05, 3.63) is 85.1 Å². The number of hydrogen-bond donors (Lipinski definition) is 3. The van der Waals surface area contributed by atoms with Gasteiger partial charge in [0.05, 0.1) is 39.9 Å². The van der Waals surface area contributed by atoms with Gasteiger partial charge in [0, 0.05) is 6.42 Å². The first-order valence-electron chi connectivity index (χ1n) is 40.5. The number of aliphatic hydroxyl groups excluding tert-OH is 1. The summed E-state index contributed by atoms with van der Waals surface area (Å²) in [5.41, 5.74) is 0. The Labute approximate surface area is 579 Å². The van der Waals surface area contributed by atoms with Crippen LogP contribution in [0.5, 0.6) is 0 Å². The molecular weight excluding hydrogens is 1160 g/mol. The molecule has 93 heavy (non-hydrogen) atoms. The highest BCUT2D eigenvalue weighted by atomic mass is 31.2. The number of unbranched alkanes of at least 4 members (excludes halogenated alkanes) is 50. The maximum Gasteiger partial charge on any atom is 0.472 e. The maximum absolute atomic E-state index is 13.1. The van der Waals surface area contributed by atoms with Crippen LogP contribution in [0.1, 0.15) is 393 Å². The monoisotopic (exact) mass is 1320 g/mol. The van der Waals surface area contributed by atoms with E-state index < -0.39 is 20.0 Å². The first kappa shape index (κ1) is 90.7. The Morgan fingerprint density at radius 2 is 0.656 bits per heavy atom.